The van der Waals surface area contributed by atoms with Crippen molar-refractivity contribution in [1.82, 2.24) is 20.5 Å². The molecule has 1 atom stereocenters. The van der Waals surface area contributed by atoms with E-state index < -0.39 is 0 Å². The summed E-state index contributed by atoms with van der Waals surface area (Å²) in [5.41, 5.74) is 9.11. The van der Waals surface area contributed by atoms with Crippen LogP contribution in [0.25, 0.3) is 21.9 Å². The average molecular weight is 387 g/mol. The van der Waals surface area contributed by atoms with Crippen LogP contribution in [-0.2, 0) is 0 Å². The minimum atomic E-state index is -0.340. The van der Waals surface area contributed by atoms with E-state index in [0.29, 0.717) is 11.4 Å². The van der Waals surface area contributed by atoms with Gasteiger partial charge in [0.2, 0.25) is 0 Å². The Labute approximate surface area is 167 Å². The van der Waals surface area contributed by atoms with E-state index in [0.717, 1.165) is 27.5 Å². The minimum Gasteiger partial charge on any atom is -0.497 e. The number of nitrogens with one attached hydrogen (secondary N) is 2. The van der Waals surface area contributed by atoms with Crippen molar-refractivity contribution in [1.29, 1.82) is 0 Å². The molecule has 146 valence electrons. The number of pyridine rings is 1. The number of ether oxygens (including phenoxy) is 1. The molecule has 7 heteroatoms. The van der Waals surface area contributed by atoms with Gasteiger partial charge in [-0.05, 0) is 40.8 Å². The smallest absolute Gasteiger partial charge is 0.270 e. The molecule has 0 radical (unpaired) electrons. The maximum atomic E-state index is 12.8. The molecule has 0 bridgehead atoms. The molecule has 0 aliphatic heterocycles. The first-order chi connectivity index (χ1) is 14.2. The van der Waals surface area contributed by atoms with E-state index in [9.17, 15) is 4.79 Å². The molecule has 2 aromatic carbocycles. The van der Waals surface area contributed by atoms with Crippen molar-refractivity contribution in [3.8, 4) is 16.9 Å². The van der Waals surface area contributed by atoms with E-state index >= 15 is 0 Å². The van der Waals surface area contributed by atoms with Crippen molar-refractivity contribution in [2.75, 3.05) is 13.7 Å². The van der Waals surface area contributed by atoms with Crippen molar-refractivity contribution >= 4 is 16.7 Å². The second-order valence-electron chi connectivity index (χ2n) is 6.66. The van der Waals surface area contributed by atoms with Gasteiger partial charge in [-0.2, -0.15) is 5.10 Å². The Morgan fingerprint density at radius 3 is 2.79 bits per heavy atom. The van der Waals surface area contributed by atoms with Gasteiger partial charge in [0.05, 0.1) is 19.3 Å². The Morgan fingerprint density at radius 2 is 2.03 bits per heavy atom. The van der Waals surface area contributed by atoms with Gasteiger partial charge in [-0.3, -0.25) is 14.9 Å². The van der Waals surface area contributed by atoms with Crippen LogP contribution in [0.5, 0.6) is 5.75 Å². The van der Waals surface area contributed by atoms with Crippen LogP contribution in [0, 0.1) is 0 Å². The van der Waals surface area contributed by atoms with Crippen LogP contribution >= 0.6 is 0 Å². The third kappa shape index (κ3) is 3.95. The number of aromatic nitrogens is 3. The summed E-state index contributed by atoms with van der Waals surface area (Å²) in [6.07, 6.45) is 5.29. The Bertz CT molecular complexity index is 1140. The van der Waals surface area contributed by atoms with Crippen molar-refractivity contribution < 1.29 is 9.53 Å². The summed E-state index contributed by atoms with van der Waals surface area (Å²) in [7, 11) is 1.60. The Hall–Kier alpha value is -3.71. The summed E-state index contributed by atoms with van der Waals surface area (Å²) in [5, 5.41) is 11.6. The maximum absolute atomic E-state index is 12.8. The van der Waals surface area contributed by atoms with Crippen molar-refractivity contribution in [3.05, 3.63) is 78.4 Å². The number of rotatable bonds is 6. The summed E-state index contributed by atoms with van der Waals surface area (Å²) in [6.45, 7) is 0.261. The molecule has 2 aromatic heterocycles. The number of hydrogen-bond donors (Lipinski definition) is 3. The number of nitrogens with two attached hydrogens (primary N) is 1. The topological polar surface area (TPSA) is 106 Å². The monoisotopic (exact) mass is 387 g/mol. The fraction of sp³-hybridized carbons (Fsp3) is 0.136. The molecule has 4 aromatic rings. The number of amides is 1. The molecule has 0 spiro atoms. The number of benzene rings is 2. The highest BCUT2D eigenvalue weighted by atomic mass is 16.5. The summed E-state index contributed by atoms with van der Waals surface area (Å²) in [6, 6.07) is 14.9. The zero-order valence-electron chi connectivity index (χ0n) is 15.9. The van der Waals surface area contributed by atoms with Gasteiger partial charge in [0.25, 0.3) is 5.91 Å². The van der Waals surface area contributed by atoms with Crippen LogP contribution < -0.4 is 15.8 Å². The Morgan fingerprint density at radius 1 is 1.14 bits per heavy atom. The third-order valence-electron chi connectivity index (χ3n) is 4.82. The molecule has 0 fully saturated rings. The summed E-state index contributed by atoms with van der Waals surface area (Å²) in [4.78, 5) is 17.1. The second-order valence-corrected chi connectivity index (χ2v) is 6.66. The van der Waals surface area contributed by atoms with Gasteiger partial charge < -0.3 is 15.8 Å². The van der Waals surface area contributed by atoms with E-state index in [2.05, 4.69) is 20.5 Å². The highest BCUT2D eigenvalue weighted by molar-refractivity contribution is 5.97. The SMILES string of the molecule is COc1cccc(C(CN)NC(=O)c2cc3cc(-c4cn[nH]c4)ccc3cn2)c1. The first-order valence-corrected chi connectivity index (χ1v) is 9.22. The number of nitrogens with zero attached hydrogens (tertiary/aromatic N) is 2. The number of carbonyl (C=O) groups excluding carboxylic acids is 1. The third-order valence-corrected chi connectivity index (χ3v) is 4.82. The van der Waals surface area contributed by atoms with Crippen molar-refractivity contribution in [3.63, 3.8) is 0 Å². The van der Waals surface area contributed by atoms with Gasteiger partial charge in [0.1, 0.15) is 11.4 Å². The lowest BCUT2D eigenvalue weighted by Crippen LogP contribution is -2.33. The van der Waals surface area contributed by atoms with Crippen LogP contribution in [0.15, 0.2) is 67.1 Å². The first-order valence-electron chi connectivity index (χ1n) is 9.22. The van der Waals surface area contributed by atoms with Crippen molar-refractivity contribution in [2.45, 2.75) is 6.04 Å². The lowest BCUT2D eigenvalue weighted by atomic mass is 10.0. The number of H-pyrrole nitrogens is 1. The predicted octanol–water partition coefficient (Wildman–Crippen LogP) is 3.06. The van der Waals surface area contributed by atoms with E-state index in [1.165, 1.54) is 0 Å². The fourth-order valence-electron chi connectivity index (χ4n) is 3.22. The summed E-state index contributed by atoms with van der Waals surface area (Å²) < 4.78 is 5.26. The maximum Gasteiger partial charge on any atom is 0.270 e. The van der Waals surface area contributed by atoms with Gasteiger partial charge in [-0.25, -0.2) is 0 Å². The molecular formula is C22H21N5O2. The number of hydrogen-bond acceptors (Lipinski definition) is 5. The van der Waals surface area contributed by atoms with E-state index in [1.807, 2.05) is 48.7 Å². The second kappa shape index (κ2) is 8.12. The molecule has 4 rings (SSSR count). The largest absolute Gasteiger partial charge is 0.497 e. The Balaban J connectivity index is 1.60. The van der Waals surface area contributed by atoms with Gasteiger partial charge in [-0.1, -0.05) is 24.3 Å². The minimum absolute atomic E-state index is 0.261. The van der Waals surface area contributed by atoms with E-state index in [4.69, 9.17) is 10.5 Å². The van der Waals surface area contributed by atoms with E-state index in [1.54, 1.807) is 25.6 Å². The molecule has 0 aliphatic rings. The normalized spacial score (nSPS) is 11.9. The number of carbonyl (C=O) groups is 1. The van der Waals surface area contributed by atoms with E-state index in [-0.39, 0.29) is 18.5 Å². The average Bonchev–Trinajstić information content (AvgIpc) is 3.31. The quantitative estimate of drug-likeness (QED) is 0.471. The first kappa shape index (κ1) is 18.6. The molecule has 1 unspecified atom stereocenters. The van der Waals surface area contributed by atoms with Gasteiger partial charge in [0.15, 0.2) is 0 Å². The molecule has 7 nitrogen and oxygen atoms in total. The molecule has 0 saturated carbocycles. The number of fused-ring (bicyclic) bond motifs is 1. The molecule has 4 N–H and O–H groups in total. The van der Waals surface area contributed by atoms with Gasteiger partial charge in [0, 0.05) is 29.9 Å². The zero-order chi connectivity index (χ0) is 20.2. The van der Waals surface area contributed by atoms with Gasteiger partial charge >= 0.3 is 0 Å². The van der Waals surface area contributed by atoms with Gasteiger partial charge in [-0.15, -0.1) is 0 Å². The predicted molar refractivity (Wildman–Crippen MR) is 112 cm³/mol. The molecular weight excluding hydrogens is 366 g/mol. The molecule has 2 heterocycles. The van der Waals surface area contributed by atoms with Crippen LogP contribution in [0.4, 0.5) is 0 Å². The standard InChI is InChI=1S/C22H21N5O2/c1-29-19-4-2-3-15(8-19)21(10-23)27-22(28)20-9-17-7-14(18-12-25-26-13-18)5-6-16(17)11-24-20/h2-9,11-13,21H,10,23H2,1H3,(H,25,26)(H,27,28). The summed E-state index contributed by atoms with van der Waals surface area (Å²) in [5.74, 6) is 0.435. The number of aromatic amines is 1. The van der Waals surface area contributed by atoms with Crippen LogP contribution in [0.2, 0.25) is 0 Å². The van der Waals surface area contributed by atoms with Crippen LogP contribution in [-0.4, -0.2) is 34.7 Å². The van der Waals surface area contributed by atoms with Crippen LogP contribution in [0.3, 0.4) is 0 Å². The molecule has 0 aliphatic carbocycles. The Kier molecular flexibility index (Phi) is 5.22. The molecule has 29 heavy (non-hydrogen) atoms. The lowest BCUT2D eigenvalue weighted by Gasteiger charge is -2.18. The zero-order valence-corrected chi connectivity index (χ0v) is 15.9. The fourth-order valence-corrected chi connectivity index (χ4v) is 3.22. The molecule has 1 amide bonds. The highest BCUT2D eigenvalue weighted by Crippen LogP contribution is 2.24. The highest BCUT2D eigenvalue weighted by Gasteiger charge is 2.16. The summed E-state index contributed by atoms with van der Waals surface area (Å²) >= 11 is 0. The molecule has 0 saturated heterocycles. The van der Waals surface area contributed by atoms with Crippen molar-refractivity contribution in [2.24, 2.45) is 5.73 Å². The lowest BCUT2D eigenvalue weighted by molar-refractivity contribution is 0.0933. The van der Waals surface area contributed by atoms with Crippen LogP contribution in [0.1, 0.15) is 22.1 Å². The number of methoxy groups -OCH3 is 1.